The van der Waals surface area contributed by atoms with Gasteiger partial charge in [-0.25, -0.2) is 0 Å². The van der Waals surface area contributed by atoms with E-state index in [1.807, 2.05) is 30.3 Å². The molecule has 9 heteroatoms. The Morgan fingerprint density at radius 2 is 1.71 bits per heavy atom. The van der Waals surface area contributed by atoms with Gasteiger partial charge in [0.05, 0.1) is 11.5 Å². The van der Waals surface area contributed by atoms with Gasteiger partial charge < -0.3 is 14.7 Å². The lowest BCUT2D eigenvalue weighted by atomic mass is 10.2. The fourth-order valence-corrected chi connectivity index (χ4v) is 3.43. The second-order valence-corrected chi connectivity index (χ2v) is 7.58. The summed E-state index contributed by atoms with van der Waals surface area (Å²) in [6.45, 7) is 3.98. The van der Waals surface area contributed by atoms with Crippen molar-refractivity contribution in [2.75, 3.05) is 57.8 Å². The van der Waals surface area contributed by atoms with E-state index in [1.165, 1.54) is 24.3 Å². The minimum atomic E-state index is -0.674. The van der Waals surface area contributed by atoms with Gasteiger partial charge in [-0.05, 0) is 24.3 Å². The number of likely N-dealkylation sites (N-methyl/N-ethyl adjacent to an activating group) is 1. The Balaban J connectivity index is 1.36. The molecule has 1 fully saturated rings. The van der Waals surface area contributed by atoms with Crippen LogP contribution in [0.25, 0.3) is 0 Å². The number of aliphatic hydroxyl groups excluding tert-OH is 1. The lowest BCUT2D eigenvalue weighted by molar-refractivity contribution is -0.384. The molecule has 1 unspecified atom stereocenters. The van der Waals surface area contributed by atoms with Crippen molar-refractivity contribution in [2.24, 2.45) is 0 Å². The first-order chi connectivity index (χ1) is 14.9. The molecule has 1 aliphatic rings. The highest BCUT2D eigenvalue weighted by Gasteiger charge is 2.22. The van der Waals surface area contributed by atoms with Crippen molar-refractivity contribution in [1.82, 2.24) is 9.80 Å². The molecule has 3 rings (SSSR count). The molecule has 0 bridgehead atoms. The average molecular weight is 428 g/mol. The first-order valence-electron chi connectivity index (χ1n) is 10.2. The van der Waals surface area contributed by atoms with Crippen LogP contribution in [0.15, 0.2) is 54.6 Å². The van der Waals surface area contributed by atoms with Gasteiger partial charge in [-0.2, -0.15) is 0 Å². The van der Waals surface area contributed by atoms with Gasteiger partial charge in [0.2, 0.25) is 5.91 Å². The summed E-state index contributed by atoms with van der Waals surface area (Å²) >= 11 is 0. The fourth-order valence-electron chi connectivity index (χ4n) is 3.43. The molecule has 31 heavy (non-hydrogen) atoms. The highest BCUT2D eigenvalue weighted by Crippen LogP contribution is 2.17. The molecule has 1 saturated heterocycles. The molecule has 1 atom stereocenters. The normalized spacial score (nSPS) is 15.9. The Morgan fingerprint density at radius 3 is 2.32 bits per heavy atom. The zero-order valence-electron chi connectivity index (χ0n) is 17.6. The van der Waals surface area contributed by atoms with Gasteiger partial charge in [0.25, 0.3) is 5.69 Å². The number of benzene rings is 2. The van der Waals surface area contributed by atoms with Gasteiger partial charge in [-0.1, -0.05) is 18.2 Å². The highest BCUT2D eigenvalue weighted by molar-refractivity contribution is 5.94. The van der Waals surface area contributed by atoms with Crippen LogP contribution in [0.3, 0.4) is 0 Å². The monoisotopic (exact) mass is 428 g/mol. The molecule has 0 radical (unpaired) electrons. The number of amides is 1. The van der Waals surface area contributed by atoms with Crippen LogP contribution in [0.5, 0.6) is 5.75 Å². The number of ether oxygens (including phenoxy) is 1. The summed E-state index contributed by atoms with van der Waals surface area (Å²) in [5, 5.41) is 20.9. The smallest absolute Gasteiger partial charge is 0.269 e. The Morgan fingerprint density at radius 1 is 1.10 bits per heavy atom. The van der Waals surface area contributed by atoms with E-state index in [2.05, 4.69) is 9.80 Å². The van der Waals surface area contributed by atoms with Crippen LogP contribution >= 0.6 is 0 Å². The number of para-hydroxylation sites is 1. The number of carbonyl (C=O) groups is 1. The molecule has 1 amide bonds. The zero-order chi connectivity index (χ0) is 22.2. The lowest BCUT2D eigenvalue weighted by Crippen LogP contribution is -2.51. The van der Waals surface area contributed by atoms with Crippen LogP contribution < -0.4 is 9.64 Å². The van der Waals surface area contributed by atoms with E-state index in [-0.39, 0.29) is 18.2 Å². The van der Waals surface area contributed by atoms with Crippen molar-refractivity contribution in [1.29, 1.82) is 0 Å². The second-order valence-electron chi connectivity index (χ2n) is 7.58. The fraction of sp³-hybridized carbons (Fsp3) is 0.409. The molecular weight excluding hydrogens is 400 g/mol. The summed E-state index contributed by atoms with van der Waals surface area (Å²) in [6.07, 6.45) is -0.674. The molecule has 2 aromatic rings. The van der Waals surface area contributed by atoms with E-state index < -0.39 is 11.0 Å². The van der Waals surface area contributed by atoms with Crippen LogP contribution in [0.4, 0.5) is 11.4 Å². The SMILES string of the molecule is CN(C(=O)CN1CCN(CC(O)COc2ccc([N+](=O)[O-])cc2)CC1)c1ccccc1. The summed E-state index contributed by atoms with van der Waals surface area (Å²) in [6, 6.07) is 15.4. The second kappa shape index (κ2) is 10.9. The summed E-state index contributed by atoms with van der Waals surface area (Å²) in [7, 11) is 1.79. The minimum absolute atomic E-state index is 0.000728. The first-order valence-corrected chi connectivity index (χ1v) is 10.2. The predicted molar refractivity (Wildman–Crippen MR) is 117 cm³/mol. The lowest BCUT2D eigenvalue weighted by Gasteiger charge is -2.35. The van der Waals surface area contributed by atoms with Crippen LogP contribution in [-0.2, 0) is 4.79 Å². The third-order valence-corrected chi connectivity index (χ3v) is 5.30. The van der Waals surface area contributed by atoms with E-state index >= 15 is 0 Å². The Bertz CT molecular complexity index is 854. The molecule has 1 N–H and O–H groups in total. The molecule has 0 aromatic heterocycles. The molecule has 0 spiro atoms. The number of anilines is 1. The molecule has 166 valence electrons. The molecule has 9 nitrogen and oxygen atoms in total. The van der Waals surface area contributed by atoms with Crippen LogP contribution in [0.2, 0.25) is 0 Å². The van der Waals surface area contributed by atoms with Crippen molar-refractivity contribution >= 4 is 17.3 Å². The van der Waals surface area contributed by atoms with E-state index in [4.69, 9.17) is 4.74 Å². The van der Waals surface area contributed by atoms with Gasteiger partial charge >= 0.3 is 0 Å². The summed E-state index contributed by atoms with van der Waals surface area (Å²) in [5.41, 5.74) is 0.876. The van der Waals surface area contributed by atoms with Gasteiger partial charge in [0.1, 0.15) is 18.5 Å². The number of carbonyl (C=O) groups excluding carboxylic acids is 1. The number of nitrogens with zero attached hydrogens (tertiary/aromatic N) is 4. The third-order valence-electron chi connectivity index (χ3n) is 5.30. The van der Waals surface area contributed by atoms with Crippen molar-refractivity contribution < 1.29 is 19.6 Å². The van der Waals surface area contributed by atoms with E-state index in [0.717, 1.165) is 31.9 Å². The van der Waals surface area contributed by atoms with Gasteiger partial charge in [-0.15, -0.1) is 0 Å². The van der Waals surface area contributed by atoms with Crippen molar-refractivity contribution in [3.05, 3.63) is 64.7 Å². The maximum Gasteiger partial charge on any atom is 0.269 e. The summed E-state index contributed by atoms with van der Waals surface area (Å²) in [5.74, 6) is 0.534. The predicted octanol–water partition coefficient (Wildman–Crippen LogP) is 1.62. The number of rotatable bonds is 9. The van der Waals surface area contributed by atoms with Crippen molar-refractivity contribution in [3.63, 3.8) is 0 Å². The van der Waals surface area contributed by atoms with E-state index in [0.29, 0.717) is 18.8 Å². The number of non-ortho nitro benzene ring substituents is 1. The molecule has 2 aromatic carbocycles. The van der Waals surface area contributed by atoms with Crippen LogP contribution in [-0.4, -0.2) is 84.8 Å². The largest absolute Gasteiger partial charge is 0.491 e. The number of nitro groups is 1. The number of nitro benzene ring substituents is 1. The van der Waals surface area contributed by atoms with E-state index in [9.17, 15) is 20.0 Å². The van der Waals surface area contributed by atoms with Crippen LogP contribution in [0.1, 0.15) is 0 Å². The van der Waals surface area contributed by atoms with E-state index in [1.54, 1.807) is 11.9 Å². The third kappa shape index (κ3) is 6.74. The number of hydrogen-bond acceptors (Lipinski definition) is 7. The standard InChI is InChI=1S/C22H28N4O5/c1-23(18-5-3-2-4-6-18)22(28)16-25-13-11-24(12-14-25)15-20(27)17-31-21-9-7-19(8-10-21)26(29)30/h2-10,20,27H,11-17H2,1H3. The highest BCUT2D eigenvalue weighted by atomic mass is 16.6. The number of aliphatic hydroxyl groups is 1. The molecular formula is C22H28N4O5. The molecule has 0 saturated carbocycles. The Labute approximate surface area is 181 Å². The topological polar surface area (TPSA) is 99.4 Å². The Hall–Kier alpha value is -3.01. The quantitative estimate of drug-likeness (QED) is 0.479. The Kier molecular flexibility index (Phi) is 7.94. The summed E-state index contributed by atoms with van der Waals surface area (Å²) < 4.78 is 5.53. The van der Waals surface area contributed by atoms with Crippen LogP contribution in [0, 0.1) is 10.1 Å². The number of hydrogen-bond donors (Lipinski definition) is 1. The molecule has 1 aliphatic heterocycles. The molecule has 0 aliphatic carbocycles. The van der Waals surface area contributed by atoms with Gasteiger partial charge in [0.15, 0.2) is 0 Å². The van der Waals surface area contributed by atoms with Crippen molar-refractivity contribution in [3.8, 4) is 5.75 Å². The molecule has 1 heterocycles. The van der Waals surface area contributed by atoms with Crippen molar-refractivity contribution in [2.45, 2.75) is 6.10 Å². The number of piperazine rings is 1. The number of β-amino-alcohol motifs (C(OH)–C–C–N with tert-alkyl or cyclic N) is 1. The first kappa shape index (κ1) is 22.7. The van der Waals surface area contributed by atoms with Gasteiger partial charge in [-0.3, -0.25) is 24.7 Å². The van der Waals surface area contributed by atoms with Gasteiger partial charge in [0, 0.05) is 57.6 Å². The maximum atomic E-state index is 12.5. The average Bonchev–Trinajstić information content (AvgIpc) is 2.79. The minimum Gasteiger partial charge on any atom is -0.491 e. The summed E-state index contributed by atoms with van der Waals surface area (Å²) in [4.78, 5) is 28.7. The maximum absolute atomic E-state index is 12.5. The zero-order valence-corrected chi connectivity index (χ0v) is 17.6.